The van der Waals surface area contributed by atoms with Gasteiger partial charge in [-0.3, -0.25) is 4.79 Å². The lowest BCUT2D eigenvalue weighted by Crippen LogP contribution is -2.43. The van der Waals surface area contributed by atoms with E-state index in [9.17, 15) is 4.79 Å². The predicted octanol–water partition coefficient (Wildman–Crippen LogP) is 3.79. The largest absolute Gasteiger partial charge is 0.357 e. The van der Waals surface area contributed by atoms with Crippen molar-refractivity contribution in [2.24, 2.45) is 4.99 Å². The van der Waals surface area contributed by atoms with E-state index >= 15 is 0 Å². The second-order valence-corrected chi connectivity index (χ2v) is 8.59. The van der Waals surface area contributed by atoms with Gasteiger partial charge in [0.05, 0.1) is 6.54 Å². The van der Waals surface area contributed by atoms with Crippen LogP contribution in [0, 0.1) is 0 Å². The third-order valence-corrected chi connectivity index (χ3v) is 5.96. The minimum atomic E-state index is -0.0195. The third kappa shape index (κ3) is 8.29. The number of hydrogen-bond acceptors (Lipinski definition) is 3. The fourth-order valence-electron chi connectivity index (χ4n) is 2.91. The van der Waals surface area contributed by atoms with E-state index in [0.29, 0.717) is 23.4 Å². The van der Waals surface area contributed by atoms with E-state index in [1.165, 1.54) is 18.6 Å². The molecule has 1 saturated heterocycles. The van der Waals surface area contributed by atoms with E-state index in [4.69, 9.17) is 4.99 Å². The van der Waals surface area contributed by atoms with Gasteiger partial charge >= 0.3 is 0 Å². The molecule has 3 N–H and O–H groups in total. The van der Waals surface area contributed by atoms with Crippen LogP contribution in [-0.2, 0) is 6.54 Å². The molecular weight excluding hydrogens is 471 g/mol. The molecule has 1 fully saturated rings. The molecule has 1 atom stereocenters. The maximum Gasteiger partial charge on any atom is 0.251 e. The fraction of sp³-hybridized carbons (Fsp3) is 0.600. The van der Waals surface area contributed by atoms with Crippen LogP contribution in [0.5, 0.6) is 0 Å². The Bertz CT molecular complexity index is 618. The molecule has 1 aliphatic heterocycles. The van der Waals surface area contributed by atoms with Crippen molar-refractivity contribution in [1.29, 1.82) is 0 Å². The molecule has 0 spiro atoms. The maximum atomic E-state index is 12.1. The van der Waals surface area contributed by atoms with Crippen LogP contribution in [0.4, 0.5) is 0 Å². The number of rotatable bonds is 8. The summed E-state index contributed by atoms with van der Waals surface area (Å²) in [6.45, 7) is 9.44. The molecule has 1 unspecified atom stereocenters. The Kier molecular flexibility index (Phi) is 11.1. The number of carbonyl (C=O) groups is 1. The zero-order chi connectivity index (χ0) is 18.8. The second kappa shape index (κ2) is 12.5. The number of halogens is 1. The average molecular weight is 504 g/mol. The molecule has 1 aliphatic rings. The van der Waals surface area contributed by atoms with Crippen LogP contribution >= 0.6 is 35.7 Å². The molecule has 7 heteroatoms. The number of nitrogens with one attached hydrogen (secondary N) is 3. The van der Waals surface area contributed by atoms with Gasteiger partial charge in [-0.15, -0.1) is 24.0 Å². The van der Waals surface area contributed by atoms with Gasteiger partial charge in [0.2, 0.25) is 0 Å². The van der Waals surface area contributed by atoms with E-state index in [1.54, 1.807) is 0 Å². The Balaban J connectivity index is 0.00000364. The topological polar surface area (TPSA) is 65.5 Å². The number of hydrogen-bond donors (Lipinski definition) is 3. The van der Waals surface area contributed by atoms with E-state index < -0.39 is 0 Å². The highest BCUT2D eigenvalue weighted by atomic mass is 127. The predicted molar refractivity (Wildman–Crippen MR) is 127 cm³/mol. The Morgan fingerprint density at radius 1 is 1.26 bits per heavy atom. The maximum absolute atomic E-state index is 12.1. The van der Waals surface area contributed by atoms with Crippen LogP contribution in [0.3, 0.4) is 0 Å². The number of aliphatic imine (C=N–C) groups is 1. The first-order chi connectivity index (χ1) is 12.6. The van der Waals surface area contributed by atoms with E-state index in [0.717, 1.165) is 31.0 Å². The normalized spacial score (nSPS) is 19.3. The summed E-state index contributed by atoms with van der Waals surface area (Å²) in [6, 6.07) is 7.70. The van der Waals surface area contributed by atoms with Crippen molar-refractivity contribution in [3.8, 4) is 0 Å². The van der Waals surface area contributed by atoms with Gasteiger partial charge in [-0.25, -0.2) is 4.99 Å². The van der Waals surface area contributed by atoms with Crippen molar-refractivity contribution in [2.75, 3.05) is 25.4 Å². The molecule has 27 heavy (non-hydrogen) atoms. The number of guanidine groups is 1. The van der Waals surface area contributed by atoms with Crippen LogP contribution in [0.25, 0.3) is 0 Å². The highest BCUT2D eigenvalue weighted by molar-refractivity contribution is 14.0. The Labute approximate surface area is 185 Å². The van der Waals surface area contributed by atoms with Crippen LogP contribution in [-0.4, -0.2) is 42.0 Å². The summed E-state index contributed by atoms with van der Waals surface area (Å²) < 4.78 is 0.299. The first kappa shape index (κ1) is 24.1. The summed E-state index contributed by atoms with van der Waals surface area (Å²) in [6.07, 6.45) is 3.48. The monoisotopic (exact) mass is 504 g/mol. The molecule has 0 aromatic heterocycles. The highest BCUT2D eigenvalue weighted by Gasteiger charge is 2.29. The van der Waals surface area contributed by atoms with Gasteiger partial charge in [-0.05, 0) is 56.6 Å². The molecule has 0 saturated carbocycles. The van der Waals surface area contributed by atoms with Gasteiger partial charge in [-0.1, -0.05) is 19.1 Å². The summed E-state index contributed by atoms with van der Waals surface area (Å²) in [7, 11) is 0. The summed E-state index contributed by atoms with van der Waals surface area (Å²) in [5.41, 5.74) is 1.73. The first-order valence-electron chi connectivity index (χ1n) is 9.59. The lowest BCUT2D eigenvalue weighted by molar-refractivity contribution is 0.0953. The van der Waals surface area contributed by atoms with E-state index in [-0.39, 0.29) is 29.9 Å². The van der Waals surface area contributed by atoms with Crippen molar-refractivity contribution in [1.82, 2.24) is 16.0 Å². The molecule has 1 aromatic rings. The van der Waals surface area contributed by atoms with Crippen LogP contribution in [0.1, 0.15) is 56.0 Å². The van der Waals surface area contributed by atoms with Gasteiger partial charge in [-0.2, -0.15) is 11.8 Å². The fourth-order valence-corrected chi connectivity index (χ4v) is 4.15. The number of nitrogens with zero attached hydrogens (tertiary/aromatic N) is 1. The quantitative estimate of drug-likeness (QED) is 0.287. The zero-order valence-corrected chi connectivity index (χ0v) is 19.8. The Hall–Kier alpha value is -0.960. The van der Waals surface area contributed by atoms with E-state index in [1.807, 2.05) is 43.0 Å². The average Bonchev–Trinajstić information content (AvgIpc) is 3.09. The molecule has 0 radical (unpaired) electrons. The molecule has 1 heterocycles. The minimum absolute atomic E-state index is 0. The summed E-state index contributed by atoms with van der Waals surface area (Å²) in [4.78, 5) is 16.8. The summed E-state index contributed by atoms with van der Waals surface area (Å²) in [5, 5.41) is 9.70. The molecule has 0 aliphatic carbocycles. The van der Waals surface area contributed by atoms with Crippen molar-refractivity contribution in [2.45, 2.75) is 51.3 Å². The van der Waals surface area contributed by atoms with Crippen molar-refractivity contribution in [3.05, 3.63) is 35.4 Å². The number of thioether (sulfide) groups is 1. The third-order valence-electron chi connectivity index (χ3n) is 4.42. The van der Waals surface area contributed by atoms with Crippen molar-refractivity contribution < 1.29 is 4.79 Å². The standard InChI is InChI=1S/C20H32N4OS.HI/c1-4-11-22-18(25)17-9-6-8-16(13-17)14-23-19(21-5-2)24-15-20(3)10-7-12-26-20;/h6,8-9,13H,4-5,7,10-12,14-15H2,1-3H3,(H,22,25)(H2,21,23,24);1H. The van der Waals surface area contributed by atoms with Crippen molar-refractivity contribution in [3.63, 3.8) is 0 Å². The van der Waals surface area contributed by atoms with Gasteiger partial charge < -0.3 is 16.0 Å². The number of amides is 1. The van der Waals surface area contributed by atoms with Crippen LogP contribution in [0.15, 0.2) is 29.3 Å². The van der Waals surface area contributed by atoms with Gasteiger partial charge in [0.25, 0.3) is 5.91 Å². The lowest BCUT2D eigenvalue weighted by atomic mass is 10.1. The second-order valence-electron chi connectivity index (χ2n) is 6.91. The van der Waals surface area contributed by atoms with Crippen molar-refractivity contribution >= 4 is 47.6 Å². The molecule has 0 bridgehead atoms. The smallest absolute Gasteiger partial charge is 0.251 e. The minimum Gasteiger partial charge on any atom is -0.357 e. The molecule has 2 rings (SSSR count). The Morgan fingerprint density at radius 3 is 2.74 bits per heavy atom. The lowest BCUT2D eigenvalue weighted by Gasteiger charge is -2.24. The SMILES string of the molecule is CCCNC(=O)c1cccc(CN=C(NCC)NCC2(C)CCCS2)c1.I. The molecular formula is C20H33IN4OS. The number of carbonyl (C=O) groups excluding carboxylic acids is 1. The molecule has 1 aromatic carbocycles. The Morgan fingerprint density at radius 2 is 2.07 bits per heavy atom. The first-order valence-corrected chi connectivity index (χ1v) is 10.6. The van der Waals surface area contributed by atoms with Gasteiger partial charge in [0, 0.05) is 29.9 Å². The van der Waals surface area contributed by atoms with Crippen LogP contribution < -0.4 is 16.0 Å². The summed E-state index contributed by atoms with van der Waals surface area (Å²) >= 11 is 2.04. The molecule has 152 valence electrons. The molecule has 1 amide bonds. The number of benzene rings is 1. The van der Waals surface area contributed by atoms with E-state index in [2.05, 4.69) is 29.8 Å². The zero-order valence-electron chi connectivity index (χ0n) is 16.6. The summed E-state index contributed by atoms with van der Waals surface area (Å²) in [5.74, 6) is 2.06. The van der Waals surface area contributed by atoms with Gasteiger partial charge in [0.1, 0.15) is 0 Å². The van der Waals surface area contributed by atoms with Crippen LogP contribution in [0.2, 0.25) is 0 Å². The highest BCUT2D eigenvalue weighted by Crippen LogP contribution is 2.36. The van der Waals surface area contributed by atoms with Gasteiger partial charge in [0.15, 0.2) is 5.96 Å². The molecule has 5 nitrogen and oxygen atoms in total.